The topological polar surface area (TPSA) is 29.4 Å². The van der Waals surface area contributed by atoms with Crippen molar-refractivity contribution < 1.29 is 4.79 Å². The maximum atomic E-state index is 11.2. The summed E-state index contributed by atoms with van der Waals surface area (Å²) in [6.45, 7) is 9.89. The first-order valence-corrected chi connectivity index (χ1v) is 4.63. The molecule has 0 aromatic rings. The van der Waals surface area contributed by atoms with Crippen LogP contribution < -0.4 is 0 Å². The molecule has 0 saturated carbocycles. The van der Waals surface area contributed by atoms with Gasteiger partial charge >= 0.3 is 0 Å². The molecular formula is C11H17NO. The van der Waals surface area contributed by atoms with E-state index in [1.165, 1.54) is 0 Å². The van der Waals surface area contributed by atoms with Crippen LogP contribution in [0, 0.1) is 5.41 Å². The molecule has 0 aliphatic carbocycles. The number of hydrogen-bond donors (Lipinski definition) is 0. The fourth-order valence-corrected chi connectivity index (χ4v) is 1.39. The van der Waals surface area contributed by atoms with Gasteiger partial charge in [0, 0.05) is 16.7 Å². The summed E-state index contributed by atoms with van der Waals surface area (Å²) in [6, 6.07) is 0.0479. The molecule has 13 heavy (non-hydrogen) atoms. The number of rotatable bonds is 1. The molecule has 0 spiro atoms. The molecule has 0 amide bonds. The number of carbonyl (C=O) groups is 1. The van der Waals surface area contributed by atoms with Crippen molar-refractivity contribution in [3.8, 4) is 0 Å². The van der Waals surface area contributed by atoms with Crippen LogP contribution in [0.25, 0.3) is 0 Å². The van der Waals surface area contributed by atoms with Crippen LogP contribution in [0.15, 0.2) is 16.6 Å². The summed E-state index contributed by atoms with van der Waals surface area (Å²) in [6.07, 6.45) is 1.94. The largest absolute Gasteiger partial charge is 0.295 e. The molecule has 0 radical (unpaired) electrons. The highest BCUT2D eigenvalue weighted by molar-refractivity contribution is 6.09. The molecule has 1 unspecified atom stereocenters. The standard InChI is InChI=1S/C11H17NO/c1-7-9(8(2)13)6-10(12-7)11(3,4)5/h6-7H,1-5H3. The second-order valence-electron chi connectivity index (χ2n) is 4.60. The molecule has 1 heterocycles. The second-order valence-corrected chi connectivity index (χ2v) is 4.60. The molecule has 0 N–H and O–H groups in total. The van der Waals surface area contributed by atoms with E-state index in [-0.39, 0.29) is 17.2 Å². The number of allylic oxidation sites excluding steroid dienone is 1. The quantitative estimate of drug-likeness (QED) is 0.607. The van der Waals surface area contributed by atoms with Gasteiger partial charge in [-0.15, -0.1) is 0 Å². The zero-order chi connectivity index (χ0) is 10.2. The third kappa shape index (κ3) is 2.06. The van der Waals surface area contributed by atoms with Crippen molar-refractivity contribution in [2.45, 2.75) is 40.7 Å². The molecule has 0 aromatic carbocycles. The zero-order valence-electron chi connectivity index (χ0n) is 9.01. The lowest BCUT2D eigenvalue weighted by Gasteiger charge is -2.16. The van der Waals surface area contributed by atoms with E-state index in [1.807, 2.05) is 13.0 Å². The predicted molar refractivity (Wildman–Crippen MR) is 55.1 cm³/mol. The number of ketones is 1. The van der Waals surface area contributed by atoms with E-state index in [2.05, 4.69) is 25.8 Å². The van der Waals surface area contributed by atoms with E-state index >= 15 is 0 Å². The highest BCUT2D eigenvalue weighted by Crippen LogP contribution is 2.25. The van der Waals surface area contributed by atoms with Crippen LogP contribution in [0.2, 0.25) is 0 Å². The summed E-state index contributed by atoms with van der Waals surface area (Å²) in [5.74, 6) is 0.135. The van der Waals surface area contributed by atoms with Crippen LogP contribution in [0.3, 0.4) is 0 Å². The van der Waals surface area contributed by atoms with E-state index in [4.69, 9.17) is 0 Å². The lowest BCUT2D eigenvalue weighted by molar-refractivity contribution is -0.113. The Morgan fingerprint density at radius 1 is 1.46 bits per heavy atom. The molecule has 1 aliphatic heterocycles. The van der Waals surface area contributed by atoms with Crippen molar-refractivity contribution in [3.63, 3.8) is 0 Å². The van der Waals surface area contributed by atoms with Crippen molar-refractivity contribution >= 4 is 11.5 Å². The minimum atomic E-state index is 0.0471. The molecular weight excluding hydrogens is 162 g/mol. The van der Waals surface area contributed by atoms with Crippen molar-refractivity contribution in [1.29, 1.82) is 0 Å². The van der Waals surface area contributed by atoms with Crippen LogP contribution in [-0.4, -0.2) is 17.5 Å². The first kappa shape index (κ1) is 10.2. The van der Waals surface area contributed by atoms with Crippen molar-refractivity contribution in [2.24, 2.45) is 10.4 Å². The summed E-state index contributed by atoms with van der Waals surface area (Å²) in [4.78, 5) is 15.7. The summed E-state index contributed by atoms with van der Waals surface area (Å²) >= 11 is 0. The van der Waals surface area contributed by atoms with Crippen molar-refractivity contribution in [3.05, 3.63) is 11.6 Å². The molecule has 1 rings (SSSR count). The normalized spacial score (nSPS) is 22.7. The Hall–Kier alpha value is -0.920. The molecule has 1 atom stereocenters. The Balaban J connectivity index is 2.96. The first-order valence-electron chi connectivity index (χ1n) is 4.63. The smallest absolute Gasteiger partial charge is 0.158 e. The summed E-state index contributed by atoms with van der Waals surface area (Å²) in [7, 11) is 0. The fraction of sp³-hybridized carbons (Fsp3) is 0.636. The van der Waals surface area contributed by atoms with Crippen LogP contribution in [0.5, 0.6) is 0 Å². The Labute approximate surface area is 79.8 Å². The molecule has 0 bridgehead atoms. The lowest BCUT2D eigenvalue weighted by Crippen LogP contribution is -2.16. The number of nitrogens with zero attached hydrogens (tertiary/aromatic N) is 1. The van der Waals surface area contributed by atoms with Gasteiger partial charge < -0.3 is 0 Å². The summed E-state index contributed by atoms with van der Waals surface area (Å²) < 4.78 is 0. The van der Waals surface area contributed by atoms with Crippen LogP contribution >= 0.6 is 0 Å². The number of aliphatic imine (C=N–C) groups is 1. The predicted octanol–water partition coefficient (Wildman–Crippen LogP) is 2.39. The third-order valence-corrected chi connectivity index (χ3v) is 2.25. The van der Waals surface area contributed by atoms with E-state index < -0.39 is 0 Å². The van der Waals surface area contributed by atoms with Crippen molar-refractivity contribution in [2.75, 3.05) is 0 Å². The van der Waals surface area contributed by atoms with E-state index in [9.17, 15) is 4.79 Å². The maximum Gasteiger partial charge on any atom is 0.158 e. The number of carbonyl (C=O) groups excluding carboxylic acids is 1. The van der Waals surface area contributed by atoms with Gasteiger partial charge in [0.2, 0.25) is 0 Å². The summed E-state index contributed by atoms with van der Waals surface area (Å²) in [5.41, 5.74) is 1.92. The number of hydrogen-bond acceptors (Lipinski definition) is 2. The monoisotopic (exact) mass is 179 g/mol. The molecule has 1 aliphatic rings. The van der Waals surface area contributed by atoms with Crippen LogP contribution in [-0.2, 0) is 4.79 Å². The summed E-state index contributed by atoms with van der Waals surface area (Å²) in [5, 5.41) is 0. The molecule has 72 valence electrons. The first-order chi connectivity index (χ1) is 5.82. The molecule has 0 fully saturated rings. The van der Waals surface area contributed by atoms with Gasteiger partial charge in [-0.25, -0.2) is 0 Å². The molecule has 0 saturated heterocycles. The van der Waals surface area contributed by atoms with E-state index in [1.54, 1.807) is 6.92 Å². The van der Waals surface area contributed by atoms with Gasteiger partial charge in [0.25, 0.3) is 0 Å². The third-order valence-electron chi connectivity index (χ3n) is 2.25. The Kier molecular flexibility index (Phi) is 2.42. The van der Waals surface area contributed by atoms with Crippen LogP contribution in [0.1, 0.15) is 34.6 Å². The van der Waals surface area contributed by atoms with Crippen molar-refractivity contribution in [1.82, 2.24) is 0 Å². The molecule has 2 heteroatoms. The second kappa shape index (κ2) is 3.09. The highest BCUT2D eigenvalue weighted by atomic mass is 16.1. The highest BCUT2D eigenvalue weighted by Gasteiger charge is 2.26. The lowest BCUT2D eigenvalue weighted by atomic mass is 9.89. The molecule has 2 nitrogen and oxygen atoms in total. The van der Waals surface area contributed by atoms with E-state index in [0.717, 1.165) is 11.3 Å². The SMILES string of the molecule is CC(=O)C1=CC(C(C)(C)C)=NC1C. The Morgan fingerprint density at radius 3 is 2.23 bits per heavy atom. The average molecular weight is 179 g/mol. The zero-order valence-corrected chi connectivity index (χ0v) is 9.01. The van der Waals surface area contributed by atoms with Gasteiger partial charge in [-0.2, -0.15) is 0 Å². The minimum absolute atomic E-state index is 0.0471. The molecule has 0 aromatic heterocycles. The minimum Gasteiger partial charge on any atom is -0.295 e. The van der Waals surface area contributed by atoms with Crippen LogP contribution in [0.4, 0.5) is 0 Å². The van der Waals surface area contributed by atoms with Gasteiger partial charge in [-0.3, -0.25) is 9.79 Å². The maximum absolute atomic E-state index is 11.2. The fourth-order valence-electron chi connectivity index (χ4n) is 1.39. The van der Waals surface area contributed by atoms with Gasteiger partial charge in [0.15, 0.2) is 5.78 Å². The number of Topliss-reactive ketones (excluding diaryl/α,β-unsaturated/α-hetero) is 1. The average Bonchev–Trinajstić information content (AvgIpc) is 2.29. The van der Waals surface area contributed by atoms with Gasteiger partial charge in [-0.05, 0) is 19.9 Å². The van der Waals surface area contributed by atoms with Gasteiger partial charge in [-0.1, -0.05) is 20.8 Å². The van der Waals surface area contributed by atoms with Gasteiger partial charge in [0.1, 0.15) is 0 Å². The van der Waals surface area contributed by atoms with E-state index in [0.29, 0.717) is 0 Å². The van der Waals surface area contributed by atoms with Gasteiger partial charge in [0.05, 0.1) is 6.04 Å². The Morgan fingerprint density at radius 2 is 2.00 bits per heavy atom. The Bertz CT molecular complexity index is 292.